The van der Waals surface area contributed by atoms with E-state index in [1.165, 1.54) is 12.1 Å². The number of aromatic nitrogens is 2. The molecular formula is C24H28FN3O3. The van der Waals surface area contributed by atoms with Crippen molar-refractivity contribution in [1.29, 1.82) is 0 Å². The second kappa shape index (κ2) is 8.57. The molecule has 4 rings (SSSR count). The van der Waals surface area contributed by atoms with E-state index in [1.807, 2.05) is 49.6 Å². The predicted octanol–water partition coefficient (Wildman–Crippen LogP) is 5.00. The van der Waals surface area contributed by atoms with Crippen molar-refractivity contribution in [2.45, 2.75) is 51.9 Å². The molecule has 164 valence electrons. The SMILES string of the molecule is CC(C)(C)OC(=O)N1CCC[C@H](Oc2nc3ccccc3n2Cc2ccc(F)cc2)C1. The van der Waals surface area contributed by atoms with Gasteiger partial charge >= 0.3 is 6.09 Å². The summed E-state index contributed by atoms with van der Waals surface area (Å²) in [6.45, 7) is 7.20. The van der Waals surface area contributed by atoms with Gasteiger partial charge in [-0.3, -0.25) is 4.57 Å². The molecule has 1 amide bonds. The highest BCUT2D eigenvalue weighted by atomic mass is 19.1. The van der Waals surface area contributed by atoms with Gasteiger partial charge in [-0.1, -0.05) is 24.3 Å². The first-order chi connectivity index (χ1) is 14.8. The summed E-state index contributed by atoms with van der Waals surface area (Å²) < 4.78 is 27.1. The molecule has 1 fully saturated rings. The van der Waals surface area contributed by atoms with Gasteiger partial charge in [0.05, 0.1) is 24.1 Å². The number of likely N-dealkylation sites (tertiary alicyclic amines) is 1. The minimum atomic E-state index is -0.534. The number of carbonyl (C=O) groups excluding carboxylic acids is 1. The van der Waals surface area contributed by atoms with E-state index < -0.39 is 5.60 Å². The van der Waals surface area contributed by atoms with Crippen LogP contribution in [0.5, 0.6) is 6.01 Å². The van der Waals surface area contributed by atoms with E-state index in [-0.39, 0.29) is 18.0 Å². The zero-order valence-electron chi connectivity index (χ0n) is 18.2. The third-order valence-electron chi connectivity index (χ3n) is 5.18. The average Bonchev–Trinajstić information content (AvgIpc) is 3.06. The number of piperidine rings is 1. The van der Waals surface area contributed by atoms with Crippen LogP contribution in [0.2, 0.25) is 0 Å². The standard InChI is InChI=1S/C24H28FN3O3/c1-24(2,3)31-23(29)27-14-6-7-19(16-27)30-22-26-20-8-4-5-9-21(20)28(22)15-17-10-12-18(25)13-11-17/h4-5,8-13,19H,6-7,14-16H2,1-3H3/t19-/m0/s1. The van der Waals surface area contributed by atoms with Crippen molar-refractivity contribution in [2.75, 3.05) is 13.1 Å². The number of carbonyl (C=O) groups is 1. The Balaban J connectivity index is 1.55. The molecule has 0 spiro atoms. The summed E-state index contributed by atoms with van der Waals surface area (Å²) in [5, 5.41) is 0. The monoisotopic (exact) mass is 425 g/mol. The van der Waals surface area contributed by atoms with Crippen molar-refractivity contribution in [2.24, 2.45) is 0 Å². The van der Waals surface area contributed by atoms with Gasteiger partial charge in [0.1, 0.15) is 17.5 Å². The van der Waals surface area contributed by atoms with Crippen LogP contribution in [-0.2, 0) is 11.3 Å². The van der Waals surface area contributed by atoms with Gasteiger partial charge in [0.15, 0.2) is 0 Å². The molecule has 0 radical (unpaired) electrons. The number of amides is 1. The van der Waals surface area contributed by atoms with Crippen molar-refractivity contribution in [3.05, 3.63) is 59.9 Å². The lowest BCUT2D eigenvalue weighted by Crippen LogP contribution is -2.46. The Morgan fingerprint density at radius 3 is 2.65 bits per heavy atom. The minimum absolute atomic E-state index is 0.176. The number of benzene rings is 2. The molecule has 7 heteroatoms. The molecule has 0 aliphatic carbocycles. The molecule has 1 aliphatic heterocycles. The summed E-state index contributed by atoms with van der Waals surface area (Å²) in [7, 11) is 0. The van der Waals surface area contributed by atoms with Crippen molar-refractivity contribution in [3.63, 3.8) is 0 Å². The normalized spacial score (nSPS) is 17.0. The van der Waals surface area contributed by atoms with E-state index in [2.05, 4.69) is 4.98 Å². The summed E-state index contributed by atoms with van der Waals surface area (Å²) in [4.78, 5) is 18.9. The fraction of sp³-hybridized carbons (Fsp3) is 0.417. The van der Waals surface area contributed by atoms with Gasteiger partial charge in [-0.25, -0.2) is 9.18 Å². The Bertz CT molecular complexity index is 1060. The van der Waals surface area contributed by atoms with Crippen molar-refractivity contribution < 1.29 is 18.7 Å². The first kappa shape index (κ1) is 21.2. The van der Waals surface area contributed by atoms with E-state index in [1.54, 1.807) is 17.0 Å². The van der Waals surface area contributed by atoms with Gasteiger partial charge in [0, 0.05) is 6.54 Å². The van der Waals surface area contributed by atoms with E-state index in [4.69, 9.17) is 9.47 Å². The zero-order valence-corrected chi connectivity index (χ0v) is 18.2. The third kappa shape index (κ3) is 5.16. The van der Waals surface area contributed by atoms with Crippen LogP contribution in [0.25, 0.3) is 11.0 Å². The molecule has 1 saturated heterocycles. The Hall–Kier alpha value is -3.09. The Morgan fingerprint density at radius 1 is 1.16 bits per heavy atom. The third-order valence-corrected chi connectivity index (χ3v) is 5.18. The highest BCUT2D eigenvalue weighted by Crippen LogP contribution is 2.26. The van der Waals surface area contributed by atoms with Gasteiger partial charge in [-0.2, -0.15) is 4.98 Å². The summed E-state index contributed by atoms with van der Waals surface area (Å²) in [5.74, 6) is -0.264. The van der Waals surface area contributed by atoms with E-state index in [9.17, 15) is 9.18 Å². The molecule has 0 bridgehead atoms. The predicted molar refractivity (Wildman–Crippen MR) is 117 cm³/mol. The molecule has 1 aliphatic rings. The van der Waals surface area contributed by atoms with Crippen molar-refractivity contribution in [1.82, 2.24) is 14.5 Å². The number of nitrogens with zero attached hydrogens (tertiary/aromatic N) is 3. The largest absolute Gasteiger partial charge is 0.459 e. The fourth-order valence-electron chi connectivity index (χ4n) is 3.74. The van der Waals surface area contributed by atoms with Crippen LogP contribution in [0.4, 0.5) is 9.18 Å². The summed E-state index contributed by atoms with van der Waals surface area (Å²) in [5.41, 5.74) is 2.20. The second-order valence-electron chi connectivity index (χ2n) is 8.90. The van der Waals surface area contributed by atoms with E-state index >= 15 is 0 Å². The van der Waals surface area contributed by atoms with E-state index in [0.717, 1.165) is 29.4 Å². The molecule has 0 unspecified atom stereocenters. The minimum Gasteiger partial charge on any atom is -0.459 e. The van der Waals surface area contributed by atoms with Crippen LogP contribution in [0, 0.1) is 5.82 Å². The Labute approximate surface area is 181 Å². The average molecular weight is 426 g/mol. The number of halogens is 1. The lowest BCUT2D eigenvalue weighted by atomic mass is 10.1. The first-order valence-electron chi connectivity index (χ1n) is 10.6. The molecule has 1 atom stereocenters. The molecule has 6 nitrogen and oxygen atoms in total. The number of hydrogen-bond donors (Lipinski definition) is 0. The van der Waals surface area contributed by atoms with Crippen LogP contribution in [0.1, 0.15) is 39.2 Å². The van der Waals surface area contributed by atoms with Crippen molar-refractivity contribution >= 4 is 17.1 Å². The number of rotatable bonds is 4. The molecule has 31 heavy (non-hydrogen) atoms. The molecule has 1 aromatic heterocycles. The number of hydrogen-bond acceptors (Lipinski definition) is 4. The van der Waals surface area contributed by atoms with E-state index in [0.29, 0.717) is 25.6 Å². The molecule has 2 heterocycles. The maximum absolute atomic E-state index is 13.3. The molecule has 0 N–H and O–H groups in total. The summed E-state index contributed by atoms with van der Waals surface area (Å²) >= 11 is 0. The summed E-state index contributed by atoms with van der Waals surface area (Å²) in [6, 6.07) is 14.8. The van der Waals surface area contributed by atoms with Gasteiger partial charge in [0.2, 0.25) is 0 Å². The molecular weight excluding hydrogens is 397 g/mol. The smallest absolute Gasteiger partial charge is 0.410 e. The second-order valence-corrected chi connectivity index (χ2v) is 8.90. The Kier molecular flexibility index (Phi) is 5.85. The summed E-state index contributed by atoms with van der Waals surface area (Å²) in [6.07, 6.45) is 1.17. The highest BCUT2D eigenvalue weighted by molar-refractivity contribution is 5.76. The number of imidazole rings is 1. The van der Waals surface area contributed by atoms with Crippen LogP contribution in [0.15, 0.2) is 48.5 Å². The van der Waals surface area contributed by atoms with Gasteiger partial charge in [-0.15, -0.1) is 0 Å². The van der Waals surface area contributed by atoms with Gasteiger partial charge < -0.3 is 14.4 Å². The van der Waals surface area contributed by atoms with Crippen LogP contribution in [-0.4, -0.2) is 45.3 Å². The lowest BCUT2D eigenvalue weighted by Gasteiger charge is -2.34. The molecule has 3 aromatic rings. The number of ether oxygens (including phenoxy) is 2. The first-order valence-corrected chi connectivity index (χ1v) is 10.6. The fourth-order valence-corrected chi connectivity index (χ4v) is 3.74. The van der Waals surface area contributed by atoms with Gasteiger partial charge in [-0.05, 0) is 63.4 Å². The zero-order chi connectivity index (χ0) is 22.0. The highest BCUT2D eigenvalue weighted by Gasteiger charge is 2.29. The lowest BCUT2D eigenvalue weighted by molar-refractivity contribution is 0.00626. The maximum Gasteiger partial charge on any atom is 0.410 e. The van der Waals surface area contributed by atoms with Gasteiger partial charge in [0.25, 0.3) is 6.01 Å². The number of fused-ring (bicyclic) bond motifs is 1. The Morgan fingerprint density at radius 2 is 1.90 bits per heavy atom. The topological polar surface area (TPSA) is 56.6 Å². The van der Waals surface area contributed by atoms with Crippen LogP contribution >= 0.6 is 0 Å². The molecule has 0 saturated carbocycles. The number of para-hydroxylation sites is 2. The maximum atomic E-state index is 13.3. The quantitative estimate of drug-likeness (QED) is 0.590. The van der Waals surface area contributed by atoms with Crippen LogP contribution in [0.3, 0.4) is 0 Å². The van der Waals surface area contributed by atoms with Crippen LogP contribution < -0.4 is 4.74 Å². The molecule has 2 aromatic carbocycles. The van der Waals surface area contributed by atoms with Crippen molar-refractivity contribution in [3.8, 4) is 6.01 Å².